The van der Waals surface area contributed by atoms with Crippen LogP contribution in [0.2, 0.25) is 0 Å². The first-order valence-corrected chi connectivity index (χ1v) is 8.87. The number of imidazole rings is 1. The van der Waals surface area contributed by atoms with Gasteiger partial charge in [-0.05, 0) is 19.1 Å². The van der Waals surface area contributed by atoms with Crippen LogP contribution in [0.4, 0.5) is 5.82 Å². The van der Waals surface area contributed by atoms with Crippen molar-refractivity contribution in [3.63, 3.8) is 0 Å². The quantitative estimate of drug-likeness (QED) is 0.757. The van der Waals surface area contributed by atoms with Crippen molar-refractivity contribution in [1.82, 2.24) is 23.8 Å². The number of fused-ring (bicyclic) bond motifs is 2. The molecule has 1 amide bonds. The van der Waals surface area contributed by atoms with Crippen LogP contribution >= 0.6 is 11.5 Å². The molecule has 0 aliphatic carbocycles. The number of nitrogens with one attached hydrogen (secondary N) is 1. The Bertz CT molecular complexity index is 1080. The molecule has 0 saturated heterocycles. The maximum atomic E-state index is 12.4. The van der Waals surface area contributed by atoms with Crippen LogP contribution in [0.15, 0.2) is 39.7 Å². The Hall–Kier alpha value is -3.01. The van der Waals surface area contributed by atoms with E-state index in [0.717, 1.165) is 10.3 Å². The van der Waals surface area contributed by atoms with Gasteiger partial charge in [-0.3, -0.25) is 23.1 Å². The highest BCUT2D eigenvalue weighted by molar-refractivity contribution is 7.13. The number of amides is 1. The molecule has 0 radical (unpaired) electrons. The van der Waals surface area contributed by atoms with Gasteiger partial charge in [-0.25, -0.2) is 4.98 Å². The van der Waals surface area contributed by atoms with E-state index in [1.165, 1.54) is 11.5 Å². The number of aryl methyl sites for hydroxylation is 1. The Morgan fingerprint density at radius 2 is 2.23 bits per heavy atom. The summed E-state index contributed by atoms with van der Waals surface area (Å²) in [4.78, 5) is 28.9. The second-order valence-electron chi connectivity index (χ2n) is 6.13. The summed E-state index contributed by atoms with van der Waals surface area (Å²) in [7, 11) is 1.79. The third-order valence-corrected chi connectivity index (χ3v) is 5.20. The number of aromatic nitrogens is 3. The van der Waals surface area contributed by atoms with Crippen molar-refractivity contribution in [2.75, 3.05) is 13.6 Å². The molecule has 3 aromatic rings. The molecule has 2 aromatic heterocycles. The van der Waals surface area contributed by atoms with Gasteiger partial charge in [0.05, 0.1) is 23.0 Å². The van der Waals surface area contributed by atoms with Gasteiger partial charge in [-0.1, -0.05) is 28.4 Å². The third kappa shape index (κ3) is 2.88. The van der Waals surface area contributed by atoms with E-state index < -0.39 is 0 Å². The predicted molar refractivity (Wildman–Crippen MR) is 97.7 cm³/mol. The Labute approximate surface area is 152 Å². The molecular weight excluding hydrogens is 354 g/mol. The van der Waals surface area contributed by atoms with Crippen LogP contribution in [-0.2, 0) is 13.2 Å². The molecule has 1 aliphatic heterocycles. The van der Waals surface area contributed by atoms with E-state index in [-0.39, 0.29) is 17.2 Å². The van der Waals surface area contributed by atoms with Crippen LogP contribution in [-0.4, -0.2) is 38.0 Å². The number of benzene rings is 1. The van der Waals surface area contributed by atoms with Crippen molar-refractivity contribution in [3.8, 4) is 0 Å². The highest BCUT2D eigenvalue weighted by Crippen LogP contribution is 2.23. The first kappa shape index (κ1) is 16.5. The van der Waals surface area contributed by atoms with Gasteiger partial charge in [0.2, 0.25) is 0 Å². The maximum absolute atomic E-state index is 12.4. The van der Waals surface area contributed by atoms with Gasteiger partial charge < -0.3 is 5.32 Å². The lowest BCUT2D eigenvalue weighted by Gasteiger charge is -2.17. The topological polar surface area (TPSA) is 96.9 Å². The van der Waals surface area contributed by atoms with Gasteiger partial charge >= 0.3 is 0 Å². The SMILES string of the molecule is Cc1ccc2sn(CCNC(=O)c3ncn4c3N=NN(C)C4)c(=O)c2c1. The molecule has 26 heavy (non-hydrogen) atoms. The highest BCUT2D eigenvalue weighted by atomic mass is 32.1. The van der Waals surface area contributed by atoms with Crippen molar-refractivity contribution in [2.24, 2.45) is 10.3 Å². The fourth-order valence-corrected chi connectivity index (χ4v) is 3.77. The van der Waals surface area contributed by atoms with Crippen molar-refractivity contribution < 1.29 is 4.79 Å². The molecule has 3 heterocycles. The fraction of sp³-hybridized carbons (Fsp3) is 0.312. The molecule has 4 rings (SSSR count). The number of carbonyl (C=O) groups excluding carboxylic acids is 1. The molecule has 0 atom stereocenters. The normalized spacial score (nSPS) is 13.2. The van der Waals surface area contributed by atoms with Crippen molar-refractivity contribution >= 4 is 33.3 Å². The highest BCUT2D eigenvalue weighted by Gasteiger charge is 2.21. The first-order chi connectivity index (χ1) is 12.5. The van der Waals surface area contributed by atoms with E-state index in [0.29, 0.717) is 31.0 Å². The molecule has 0 saturated carbocycles. The van der Waals surface area contributed by atoms with Gasteiger partial charge in [0.25, 0.3) is 11.5 Å². The molecule has 0 spiro atoms. The molecule has 1 aromatic carbocycles. The molecule has 1 aliphatic rings. The monoisotopic (exact) mass is 371 g/mol. The Morgan fingerprint density at radius 3 is 3.08 bits per heavy atom. The van der Waals surface area contributed by atoms with E-state index >= 15 is 0 Å². The summed E-state index contributed by atoms with van der Waals surface area (Å²) in [5.41, 5.74) is 1.26. The van der Waals surface area contributed by atoms with Gasteiger partial charge in [-0.15, -0.1) is 5.11 Å². The number of hydrogen-bond acceptors (Lipinski definition) is 7. The lowest BCUT2D eigenvalue weighted by Crippen LogP contribution is -2.29. The van der Waals surface area contributed by atoms with E-state index in [4.69, 9.17) is 0 Å². The number of rotatable bonds is 4. The molecule has 134 valence electrons. The van der Waals surface area contributed by atoms with E-state index in [1.54, 1.807) is 26.9 Å². The third-order valence-electron chi connectivity index (χ3n) is 4.08. The van der Waals surface area contributed by atoms with Crippen LogP contribution in [0, 0.1) is 6.92 Å². The molecule has 0 unspecified atom stereocenters. The molecule has 9 nitrogen and oxygen atoms in total. The minimum absolute atomic E-state index is 0.0286. The van der Waals surface area contributed by atoms with E-state index in [9.17, 15) is 9.59 Å². The van der Waals surface area contributed by atoms with Gasteiger partial charge in [0.1, 0.15) is 6.67 Å². The fourth-order valence-electron chi connectivity index (χ4n) is 2.80. The van der Waals surface area contributed by atoms with Gasteiger partial charge in [-0.2, -0.15) is 0 Å². The van der Waals surface area contributed by atoms with Crippen LogP contribution < -0.4 is 10.9 Å². The first-order valence-electron chi connectivity index (χ1n) is 8.09. The maximum Gasteiger partial charge on any atom is 0.273 e. The minimum atomic E-state index is -0.327. The largest absolute Gasteiger partial charge is 0.349 e. The van der Waals surface area contributed by atoms with Crippen LogP contribution in [0.3, 0.4) is 0 Å². The smallest absolute Gasteiger partial charge is 0.273 e. The van der Waals surface area contributed by atoms with Crippen molar-refractivity contribution in [2.45, 2.75) is 20.1 Å². The summed E-state index contributed by atoms with van der Waals surface area (Å²) in [5, 5.41) is 13.1. The zero-order chi connectivity index (χ0) is 18.3. The van der Waals surface area contributed by atoms with Crippen molar-refractivity contribution in [1.29, 1.82) is 0 Å². The number of nitrogens with zero attached hydrogens (tertiary/aromatic N) is 6. The van der Waals surface area contributed by atoms with Gasteiger partial charge in [0, 0.05) is 13.6 Å². The average Bonchev–Trinajstić information content (AvgIpc) is 3.16. The molecule has 10 heteroatoms. The summed E-state index contributed by atoms with van der Waals surface area (Å²) < 4.78 is 4.35. The molecule has 0 bridgehead atoms. The number of hydrogen-bond donors (Lipinski definition) is 1. The van der Waals surface area contributed by atoms with E-state index in [1.807, 2.05) is 25.1 Å². The van der Waals surface area contributed by atoms with Gasteiger partial charge in [0.15, 0.2) is 11.5 Å². The summed E-state index contributed by atoms with van der Waals surface area (Å²) >= 11 is 1.40. The summed E-state index contributed by atoms with van der Waals surface area (Å²) in [6.45, 7) is 3.19. The van der Waals surface area contributed by atoms with Crippen LogP contribution in [0.5, 0.6) is 0 Å². The minimum Gasteiger partial charge on any atom is -0.349 e. The predicted octanol–water partition coefficient (Wildman–Crippen LogP) is 1.90. The molecule has 0 fully saturated rings. The van der Waals surface area contributed by atoms with E-state index in [2.05, 4.69) is 20.6 Å². The lowest BCUT2D eigenvalue weighted by molar-refractivity contribution is 0.0948. The second-order valence-corrected chi connectivity index (χ2v) is 7.19. The van der Waals surface area contributed by atoms with Crippen LogP contribution in [0.25, 0.3) is 10.1 Å². The summed E-state index contributed by atoms with van der Waals surface area (Å²) in [6.07, 6.45) is 1.57. The Balaban J connectivity index is 1.45. The Morgan fingerprint density at radius 1 is 1.38 bits per heavy atom. The zero-order valence-corrected chi connectivity index (χ0v) is 15.2. The summed E-state index contributed by atoms with van der Waals surface area (Å²) in [5.74, 6) is 0.113. The second kappa shape index (κ2) is 6.37. The lowest BCUT2D eigenvalue weighted by atomic mass is 10.2. The zero-order valence-electron chi connectivity index (χ0n) is 14.3. The molecular formula is C16H17N7O2S. The van der Waals surface area contributed by atoms with Crippen molar-refractivity contribution in [3.05, 3.63) is 46.1 Å². The number of carbonyl (C=O) groups is 1. The molecule has 1 N–H and O–H groups in total. The van der Waals surface area contributed by atoms with Crippen LogP contribution in [0.1, 0.15) is 16.1 Å². The average molecular weight is 371 g/mol. The Kier molecular flexibility index (Phi) is 4.03. The summed E-state index contributed by atoms with van der Waals surface area (Å²) in [6, 6.07) is 5.83. The standard InChI is InChI=1S/C16H17N7O2S/c1-10-3-4-12-11(7-10)16(25)23(26-12)6-5-17-15(24)13-14-19-20-21(2)9-22(14)8-18-13/h3-4,7-8H,5-6,9H2,1-2H3,(H,17,24).